The molecule has 3 heterocycles. The molecule has 3 N–H and O–H groups in total. The molecule has 0 saturated carbocycles. The molecular formula is C16H25N5O. The van der Waals surface area contributed by atoms with Crippen molar-refractivity contribution in [1.29, 1.82) is 0 Å². The van der Waals surface area contributed by atoms with Crippen LogP contribution in [0.3, 0.4) is 0 Å². The number of carbonyl (C=O) groups excluding carboxylic acids is 1. The predicted molar refractivity (Wildman–Crippen MR) is 85.3 cm³/mol. The van der Waals surface area contributed by atoms with Crippen LogP contribution >= 0.6 is 0 Å². The fourth-order valence-electron chi connectivity index (χ4n) is 3.20. The molecule has 0 radical (unpaired) electrons. The zero-order chi connectivity index (χ0) is 15.4. The van der Waals surface area contributed by atoms with Crippen molar-refractivity contribution < 1.29 is 4.79 Å². The minimum atomic E-state index is -0.0710. The van der Waals surface area contributed by atoms with E-state index in [-0.39, 0.29) is 18.0 Å². The summed E-state index contributed by atoms with van der Waals surface area (Å²) in [6, 6.07) is 4.18. The summed E-state index contributed by atoms with van der Waals surface area (Å²) >= 11 is 0. The minimum absolute atomic E-state index is 0.0710. The fraction of sp³-hybridized carbons (Fsp3) is 0.625. The third-order valence-electron chi connectivity index (χ3n) is 4.61. The maximum atomic E-state index is 12.4. The predicted octanol–water partition coefficient (Wildman–Crippen LogP) is -0.542. The van der Waals surface area contributed by atoms with Gasteiger partial charge in [0.05, 0.1) is 6.04 Å². The monoisotopic (exact) mass is 303 g/mol. The van der Waals surface area contributed by atoms with Crippen LogP contribution < -0.4 is 11.1 Å². The van der Waals surface area contributed by atoms with E-state index in [4.69, 9.17) is 5.73 Å². The van der Waals surface area contributed by atoms with Crippen molar-refractivity contribution >= 4 is 5.91 Å². The summed E-state index contributed by atoms with van der Waals surface area (Å²) in [5.41, 5.74) is 7.18. The first-order valence-corrected chi connectivity index (χ1v) is 8.11. The molecule has 0 aromatic carbocycles. The first-order valence-electron chi connectivity index (χ1n) is 8.11. The molecule has 120 valence electrons. The lowest BCUT2D eigenvalue weighted by Crippen LogP contribution is -2.53. The smallest absolute Gasteiger partial charge is 0.239 e. The van der Waals surface area contributed by atoms with E-state index in [1.165, 1.54) is 5.56 Å². The van der Waals surface area contributed by atoms with Gasteiger partial charge in [-0.15, -0.1) is 0 Å². The zero-order valence-corrected chi connectivity index (χ0v) is 12.9. The molecule has 0 aliphatic carbocycles. The van der Waals surface area contributed by atoms with Gasteiger partial charge in [-0.2, -0.15) is 0 Å². The van der Waals surface area contributed by atoms with Crippen LogP contribution in [-0.2, 0) is 11.2 Å². The van der Waals surface area contributed by atoms with Crippen LogP contribution in [0.25, 0.3) is 0 Å². The number of nitrogens with zero attached hydrogens (tertiary/aromatic N) is 3. The van der Waals surface area contributed by atoms with Crippen molar-refractivity contribution in [1.82, 2.24) is 20.1 Å². The van der Waals surface area contributed by atoms with Gasteiger partial charge in [0.15, 0.2) is 0 Å². The Kier molecular flexibility index (Phi) is 5.02. The topological polar surface area (TPSA) is 74.5 Å². The van der Waals surface area contributed by atoms with Gasteiger partial charge < -0.3 is 16.0 Å². The number of nitrogens with one attached hydrogen (secondary N) is 1. The number of hydrogen-bond acceptors (Lipinski definition) is 5. The fourth-order valence-corrected chi connectivity index (χ4v) is 3.20. The van der Waals surface area contributed by atoms with Crippen molar-refractivity contribution in [2.45, 2.75) is 24.9 Å². The highest BCUT2D eigenvalue weighted by Crippen LogP contribution is 2.11. The number of carbonyl (C=O) groups is 1. The van der Waals surface area contributed by atoms with Gasteiger partial charge in [0, 0.05) is 57.7 Å². The van der Waals surface area contributed by atoms with Crippen LogP contribution in [0.5, 0.6) is 0 Å². The van der Waals surface area contributed by atoms with Crippen LogP contribution in [0.2, 0.25) is 0 Å². The standard InChI is InChI=1S/C16H25N5O/c17-14-11-15(19-12-14)16(22)21-9-7-20(8-10-21)6-3-13-1-4-18-5-2-13/h1-2,4-5,14-15,19H,3,6-12,17H2/t14-,15+/m1/s1. The number of pyridine rings is 1. The third-order valence-corrected chi connectivity index (χ3v) is 4.61. The van der Waals surface area contributed by atoms with E-state index < -0.39 is 0 Å². The largest absolute Gasteiger partial charge is 0.339 e. The Balaban J connectivity index is 1.41. The number of hydrogen-bond donors (Lipinski definition) is 2. The van der Waals surface area contributed by atoms with Gasteiger partial charge in [0.2, 0.25) is 5.91 Å². The van der Waals surface area contributed by atoms with E-state index in [1.807, 2.05) is 17.3 Å². The van der Waals surface area contributed by atoms with Gasteiger partial charge >= 0.3 is 0 Å². The molecule has 0 unspecified atom stereocenters. The molecule has 1 aromatic heterocycles. The second-order valence-corrected chi connectivity index (χ2v) is 6.23. The lowest BCUT2D eigenvalue weighted by Gasteiger charge is -2.36. The first-order chi connectivity index (χ1) is 10.7. The van der Waals surface area contributed by atoms with Crippen molar-refractivity contribution in [2.75, 3.05) is 39.3 Å². The molecule has 2 aliphatic rings. The van der Waals surface area contributed by atoms with Gasteiger partial charge in [0.1, 0.15) is 0 Å². The van der Waals surface area contributed by atoms with Gasteiger partial charge in [-0.05, 0) is 30.5 Å². The van der Waals surface area contributed by atoms with Gasteiger partial charge in [-0.1, -0.05) is 0 Å². The summed E-state index contributed by atoms with van der Waals surface area (Å²) in [6.45, 7) is 5.34. The van der Waals surface area contributed by atoms with Crippen molar-refractivity contribution in [3.63, 3.8) is 0 Å². The lowest BCUT2D eigenvalue weighted by molar-refractivity contribution is -0.134. The highest BCUT2D eigenvalue weighted by Gasteiger charge is 2.31. The minimum Gasteiger partial charge on any atom is -0.339 e. The number of amides is 1. The quantitative estimate of drug-likeness (QED) is 0.781. The number of piperazine rings is 1. The van der Waals surface area contributed by atoms with Gasteiger partial charge in [-0.25, -0.2) is 0 Å². The summed E-state index contributed by atoms with van der Waals surface area (Å²) in [6.07, 6.45) is 5.48. The molecule has 6 nitrogen and oxygen atoms in total. The Morgan fingerprint density at radius 2 is 2.00 bits per heavy atom. The molecule has 6 heteroatoms. The summed E-state index contributed by atoms with van der Waals surface area (Å²) < 4.78 is 0. The second kappa shape index (κ2) is 7.17. The van der Waals surface area contributed by atoms with Crippen molar-refractivity contribution in [2.24, 2.45) is 5.73 Å². The summed E-state index contributed by atoms with van der Waals surface area (Å²) in [5.74, 6) is 0.224. The third kappa shape index (κ3) is 3.82. The first kappa shape index (κ1) is 15.4. The number of aromatic nitrogens is 1. The van der Waals surface area contributed by atoms with Crippen LogP contribution in [0.15, 0.2) is 24.5 Å². The number of nitrogens with two attached hydrogens (primary N) is 1. The van der Waals surface area contributed by atoms with Crippen LogP contribution in [0.4, 0.5) is 0 Å². The van der Waals surface area contributed by atoms with Crippen molar-refractivity contribution in [3.8, 4) is 0 Å². The molecule has 2 atom stereocenters. The van der Waals surface area contributed by atoms with Gasteiger partial charge in [-0.3, -0.25) is 14.7 Å². The molecular weight excluding hydrogens is 278 g/mol. The number of rotatable bonds is 4. The summed E-state index contributed by atoms with van der Waals surface area (Å²) in [7, 11) is 0. The molecule has 1 amide bonds. The van der Waals surface area contributed by atoms with E-state index in [2.05, 4.69) is 27.3 Å². The molecule has 22 heavy (non-hydrogen) atoms. The van der Waals surface area contributed by atoms with E-state index in [1.54, 1.807) is 0 Å². The molecule has 2 saturated heterocycles. The molecule has 2 fully saturated rings. The van der Waals surface area contributed by atoms with E-state index >= 15 is 0 Å². The molecule has 2 aliphatic heterocycles. The average molecular weight is 303 g/mol. The zero-order valence-electron chi connectivity index (χ0n) is 12.9. The van der Waals surface area contributed by atoms with Crippen LogP contribution in [-0.4, -0.2) is 72.0 Å². The Morgan fingerprint density at radius 1 is 1.27 bits per heavy atom. The molecule has 0 bridgehead atoms. The Bertz CT molecular complexity index is 487. The average Bonchev–Trinajstić information content (AvgIpc) is 3.00. The van der Waals surface area contributed by atoms with E-state index in [0.29, 0.717) is 0 Å². The normalized spacial score (nSPS) is 26.3. The Hall–Kier alpha value is -1.50. The van der Waals surface area contributed by atoms with Gasteiger partial charge in [0.25, 0.3) is 0 Å². The maximum Gasteiger partial charge on any atom is 0.239 e. The highest BCUT2D eigenvalue weighted by atomic mass is 16.2. The van der Waals surface area contributed by atoms with Crippen LogP contribution in [0.1, 0.15) is 12.0 Å². The summed E-state index contributed by atoms with van der Waals surface area (Å²) in [5, 5.41) is 3.23. The Labute approximate surface area is 131 Å². The summed E-state index contributed by atoms with van der Waals surface area (Å²) in [4.78, 5) is 20.9. The van der Waals surface area contributed by atoms with Crippen molar-refractivity contribution in [3.05, 3.63) is 30.1 Å². The Morgan fingerprint density at radius 3 is 2.64 bits per heavy atom. The molecule has 1 aromatic rings. The second-order valence-electron chi connectivity index (χ2n) is 6.23. The highest BCUT2D eigenvalue weighted by molar-refractivity contribution is 5.82. The van der Waals surface area contributed by atoms with E-state index in [9.17, 15) is 4.79 Å². The maximum absolute atomic E-state index is 12.4. The van der Waals surface area contributed by atoms with Crippen LogP contribution in [0, 0.1) is 0 Å². The SMILES string of the molecule is N[C@H]1CN[C@H](C(=O)N2CCN(CCc3ccncc3)CC2)C1. The van der Waals surface area contributed by atoms with E-state index in [0.717, 1.165) is 52.1 Å². The molecule has 0 spiro atoms. The lowest BCUT2D eigenvalue weighted by atomic mass is 10.1. The molecule has 3 rings (SSSR count).